The zero-order chi connectivity index (χ0) is 10.7. The molecular weight excluding hydrogens is 188 g/mol. The monoisotopic (exact) mass is 208 g/mol. The summed E-state index contributed by atoms with van der Waals surface area (Å²) in [6.45, 7) is 1.79. The van der Waals surface area contributed by atoms with E-state index in [9.17, 15) is 4.79 Å². The first kappa shape index (κ1) is 9.83. The molecule has 0 spiro atoms. The molecule has 2 nitrogen and oxygen atoms in total. The van der Waals surface area contributed by atoms with Crippen LogP contribution in [0.25, 0.3) is 0 Å². The van der Waals surface area contributed by atoms with Gasteiger partial charge in [-0.1, -0.05) is 0 Å². The van der Waals surface area contributed by atoms with Crippen molar-refractivity contribution in [3.8, 4) is 0 Å². The molecule has 0 aromatic rings. The van der Waals surface area contributed by atoms with Crippen molar-refractivity contribution in [2.45, 2.75) is 51.0 Å². The van der Waals surface area contributed by atoms with Crippen LogP contribution >= 0.6 is 0 Å². The largest absolute Gasteiger partial charge is 0.377 e. The van der Waals surface area contributed by atoms with Gasteiger partial charge < -0.3 is 4.74 Å². The van der Waals surface area contributed by atoms with Gasteiger partial charge in [-0.15, -0.1) is 0 Å². The standard InChI is InChI=1S/C13H20O2/c1-9(14)12-6-3-7-13(12,15-2)11-5-4-10(12)8-11/h10-11H,3-8H2,1-2H3. The Morgan fingerprint density at radius 1 is 1.27 bits per heavy atom. The number of ketones is 1. The first-order valence-corrected chi connectivity index (χ1v) is 6.23. The highest BCUT2D eigenvalue weighted by Gasteiger charge is 2.71. The highest BCUT2D eigenvalue weighted by molar-refractivity contribution is 5.85. The zero-order valence-corrected chi connectivity index (χ0v) is 9.71. The number of ether oxygens (including phenoxy) is 1. The minimum absolute atomic E-state index is 0.0677. The van der Waals surface area contributed by atoms with Gasteiger partial charge in [0.2, 0.25) is 0 Å². The van der Waals surface area contributed by atoms with Gasteiger partial charge in [0.25, 0.3) is 0 Å². The van der Waals surface area contributed by atoms with Gasteiger partial charge in [0.15, 0.2) is 0 Å². The Kier molecular flexibility index (Phi) is 1.87. The molecule has 0 saturated heterocycles. The molecule has 0 aromatic heterocycles. The number of methoxy groups -OCH3 is 1. The number of carbonyl (C=O) groups excluding carboxylic acids is 1. The molecule has 0 aliphatic heterocycles. The van der Waals surface area contributed by atoms with Gasteiger partial charge in [-0.25, -0.2) is 0 Å². The molecule has 84 valence electrons. The van der Waals surface area contributed by atoms with E-state index in [2.05, 4.69) is 0 Å². The fraction of sp³-hybridized carbons (Fsp3) is 0.923. The van der Waals surface area contributed by atoms with E-state index in [-0.39, 0.29) is 11.0 Å². The van der Waals surface area contributed by atoms with Gasteiger partial charge in [0.1, 0.15) is 5.78 Å². The molecule has 0 aromatic carbocycles. The van der Waals surface area contributed by atoms with Gasteiger partial charge in [0.05, 0.1) is 11.0 Å². The summed E-state index contributed by atoms with van der Waals surface area (Å²) in [5.41, 5.74) is -0.160. The number of fused-ring (bicyclic) bond motifs is 5. The maximum atomic E-state index is 12.1. The van der Waals surface area contributed by atoms with E-state index in [0.717, 1.165) is 12.8 Å². The second-order valence-electron chi connectivity index (χ2n) is 5.68. The van der Waals surface area contributed by atoms with E-state index in [0.29, 0.717) is 17.6 Å². The predicted octanol–water partition coefficient (Wildman–Crippen LogP) is 2.56. The molecule has 3 fully saturated rings. The Labute approximate surface area is 91.4 Å². The van der Waals surface area contributed by atoms with Crippen LogP contribution in [0.15, 0.2) is 0 Å². The van der Waals surface area contributed by atoms with E-state index < -0.39 is 0 Å². The Morgan fingerprint density at radius 2 is 2.00 bits per heavy atom. The number of hydrogen-bond donors (Lipinski definition) is 0. The van der Waals surface area contributed by atoms with Gasteiger partial charge in [-0.05, 0) is 57.3 Å². The van der Waals surface area contributed by atoms with E-state index >= 15 is 0 Å². The molecule has 0 N–H and O–H groups in total. The molecule has 2 heteroatoms. The number of carbonyl (C=O) groups is 1. The van der Waals surface area contributed by atoms with Crippen LogP contribution in [0, 0.1) is 17.3 Å². The molecule has 3 aliphatic carbocycles. The fourth-order valence-electron chi connectivity index (χ4n) is 5.25. The van der Waals surface area contributed by atoms with Crippen molar-refractivity contribution in [2.24, 2.45) is 17.3 Å². The minimum Gasteiger partial charge on any atom is -0.377 e. The summed E-state index contributed by atoms with van der Waals surface area (Å²) in [6, 6.07) is 0. The van der Waals surface area contributed by atoms with Crippen molar-refractivity contribution in [3.63, 3.8) is 0 Å². The Morgan fingerprint density at radius 3 is 2.60 bits per heavy atom. The number of hydrogen-bond acceptors (Lipinski definition) is 2. The predicted molar refractivity (Wildman–Crippen MR) is 57.5 cm³/mol. The summed E-state index contributed by atoms with van der Waals surface area (Å²) in [4.78, 5) is 12.1. The second kappa shape index (κ2) is 2.85. The maximum Gasteiger partial charge on any atom is 0.139 e. The summed E-state index contributed by atoms with van der Waals surface area (Å²) in [5, 5.41) is 0. The zero-order valence-electron chi connectivity index (χ0n) is 9.71. The number of Topliss-reactive ketones (excluding diaryl/α,β-unsaturated/α-hetero) is 1. The van der Waals surface area contributed by atoms with Gasteiger partial charge in [0, 0.05) is 7.11 Å². The van der Waals surface area contributed by atoms with Crippen molar-refractivity contribution in [3.05, 3.63) is 0 Å². The van der Waals surface area contributed by atoms with Crippen LogP contribution in [-0.4, -0.2) is 18.5 Å². The van der Waals surface area contributed by atoms with E-state index in [1.807, 2.05) is 7.11 Å². The van der Waals surface area contributed by atoms with Crippen molar-refractivity contribution < 1.29 is 9.53 Å². The highest BCUT2D eigenvalue weighted by Crippen LogP contribution is 2.69. The Balaban J connectivity index is 2.13. The molecule has 3 rings (SSSR count). The second-order valence-corrected chi connectivity index (χ2v) is 5.68. The molecule has 4 unspecified atom stereocenters. The molecule has 0 amide bonds. The third-order valence-electron chi connectivity index (χ3n) is 5.66. The Hall–Kier alpha value is -0.370. The van der Waals surface area contributed by atoms with Crippen molar-refractivity contribution in [1.82, 2.24) is 0 Å². The smallest absolute Gasteiger partial charge is 0.139 e. The van der Waals surface area contributed by atoms with Gasteiger partial charge in [-0.2, -0.15) is 0 Å². The lowest BCUT2D eigenvalue weighted by Crippen LogP contribution is -2.53. The summed E-state index contributed by atoms with van der Waals surface area (Å²) in [7, 11) is 1.82. The lowest BCUT2D eigenvalue weighted by atomic mass is 9.62. The first-order valence-electron chi connectivity index (χ1n) is 6.23. The molecular formula is C13H20O2. The third kappa shape index (κ3) is 0.848. The van der Waals surface area contributed by atoms with Crippen LogP contribution in [0.2, 0.25) is 0 Å². The molecule has 4 atom stereocenters. The average molecular weight is 208 g/mol. The normalized spacial score (nSPS) is 52.1. The third-order valence-corrected chi connectivity index (χ3v) is 5.66. The first-order chi connectivity index (χ1) is 7.17. The quantitative estimate of drug-likeness (QED) is 0.697. The van der Waals surface area contributed by atoms with Crippen LogP contribution in [-0.2, 0) is 9.53 Å². The molecule has 0 heterocycles. The van der Waals surface area contributed by atoms with Gasteiger partial charge in [-0.3, -0.25) is 4.79 Å². The van der Waals surface area contributed by atoms with Crippen molar-refractivity contribution in [1.29, 1.82) is 0 Å². The van der Waals surface area contributed by atoms with Crippen LogP contribution in [0.1, 0.15) is 45.4 Å². The molecule has 0 radical (unpaired) electrons. The molecule has 2 bridgehead atoms. The fourth-order valence-corrected chi connectivity index (χ4v) is 5.25. The van der Waals surface area contributed by atoms with Gasteiger partial charge >= 0.3 is 0 Å². The SMILES string of the molecule is COC12CCCC1(C(C)=O)C1CCC2C1. The topological polar surface area (TPSA) is 26.3 Å². The van der Waals surface area contributed by atoms with Crippen molar-refractivity contribution >= 4 is 5.78 Å². The summed E-state index contributed by atoms with van der Waals surface area (Å²) in [5.74, 6) is 1.69. The number of rotatable bonds is 2. The molecule has 3 saturated carbocycles. The van der Waals surface area contributed by atoms with Crippen molar-refractivity contribution in [2.75, 3.05) is 7.11 Å². The Bertz CT molecular complexity index is 312. The minimum atomic E-state index is -0.0926. The van der Waals surface area contributed by atoms with Crippen LogP contribution in [0.3, 0.4) is 0 Å². The summed E-state index contributed by atoms with van der Waals surface area (Å²) >= 11 is 0. The highest BCUT2D eigenvalue weighted by atomic mass is 16.5. The lowest BCUT2D eigenvalue weighted by molar-refractivity contribution is -0.158. The molecule has 3 aliphatic rings. The van der Waals surface area contributed by atoms with E-state index in [1.54, 1.807) is 6.92 Å². The van der Waals surface area contributed by atoms with Crippen LogP contribution < -0.4 is 0 Å². The van der Waals surface area contributed by atoms with Crippen LogP contribution in [0.5, 0.6) is 0 Å². The maximum absolute atomic E-state index is 12.1. The van der Waals surface area contributed by atoms with E-state index in [1.165, 1.54) is 25.7 Å². The van der Waals surface area contributed by atoms with Crippen LogP contribution in [0.4, 0.5) is 0 Å². The summed E-state index contributed by atoms with van der Waals surface area (Å²) < 4.78 is 5.90. The summed E-state index contributed by atoms with van der Waals surface area (Å²) in [6.07, 6.45) is 7.17. The lowest BCUT2D eigenvalue weighted by Gasteiger charge is -2.46. The van der Waals surface area contributed by atoms with E-state index in [4.69, 9.17) is 4.74 Å². The molecule has 15 heavy (non-hydrogen) atoms. The average Bonchev–Trinajstić information content (AvgIpc) is 2.88.